The molecule has 0 aromatic heterocycles. The van der Waals surface area contributed by atoms with E-state index in [4.69, 9.17) is 30.5 Å². The van der Waals surface area contributed by atoms with E-state index in [0.29, 0.717) is 30.6 Å². The molecule has 0 amide bonds. The molecule has 6 atom stereocenters. The maximum Gasteiger partial charge on any atom is 0.337 e. The van der Waals surface area contributed by atoms with Crippen LogP contribution in [0.3, 0.4) is 0 Å². The van der Waals surface area contributed by atoms with Crippen LogP contribution in [0.15, 0.2) is 36.4 Å². The molecule has 41 heavy (non-hydrogen) atoms. The van der Waals surface area contributed by atoms with Crippen molar-refractivity contribution >= 4 is 23.3 Å². The molecule has 1 spiro atoms. The van der Waals surface area contributed by atoms with Gasteiger partial charge in [-0.05, 0) is 98.7 Å². The lowest BCUT2D eigenvalue weighted by Gasteiger charge is -2.48. The summed E-state index contributed by atoms with van der Waals surface area (Å²) in [4.78, 5) is 15.0. The molecule has 2 aromatic carbocycles. The monoisotopic (exact) mass is 583 g/mol. The van der Waals surface area contributed by atoms with Crippen LogP contribution >= 0.6 is 11.6 Å². The van der Waals surface area contributed by atoms with Gasteiger partial charge in [-0.1, -0.05) is 17.7 Å². The molecule has 2 heterocycles. The number of anilines is 1. The summed E-state index contributed by atoms with van der Waals surface area (Å²) in [6.45, 7) is 4.93. The van der Waals surface area contributed by atoms with Gasteiger partial charge in [-0.2, -0.15) is 0 Å². The van der Waals surface area contributed by atoms with E-state index in [0.717, 1.165) is 74.5 Å². The number of carbonyl (C=O) groups excluding carboxylic acids is 1. The number of hydrogen-bond acceptors (Lipinski definition) is 7. The fourth-order valence-corrected chi connectivity index (χ4v) is 7.74. The van der Waals surface area contributed by atoms with Gasteiger partial charge in [0.25, 0.3) is 0 Å². The van der Waals surface area contributed by atoms with Crippen molar-refractivity contribution in [2.75, 3.05) is 44.9 Å². The SMILES string of the molecule is COC(=O)c1ccc2c(c1)N(C[C@@H]1CC[C@H]1[C@H]1C[C@@H](O[C@H](C)CO)CCO1)C[C@@]1(CCCc3cc(Cl)ccc31)CO2. The second-order valence-electron chi connectivity index (χ2n) is 12.5. The molecule has 2 aliphatic carbocycles. The molecular weight excluding hydrogens is 542 g/mol. The van der Waals surface area contributed by atoms with Crippen molar-refractivity contribution in [2.24, 2.45) is 11.8 Å². The molecule has 2 fully saturated rings. The van der Waals surface area contributed by atoms with Crippen LogP contribution in [0, 0.1) is 11.8 Å². The molecule has 1 saturated carbocycles. The molecule has 6 rings (SSSR count). The van der Waals surface area contributed by atoms with E-state index in [1.54, 1.807) is 6.07 Å². The van der Waals surface area contributed by atoms with Gasteiger partial charge >= 0.3 is 5.97 Å². The van der Waals surface area contributed by atoms with Gasteiger partial charge in [0.15, 0.2) is 0 Å². The highest BCUT2D eigenvalue weighted by Crippen LogP contribution is 2.47. The van der Waals surface area contributed by atoms with Gasteiger partial charge in [-0.3, -0.25) is 0 Å². The topological polar surface area (TPSA) is 77.5 Å². The summed E-state index contributed by atoms with van der Waals surface area (Å²) in [6, 6.07) is 12.0. The maximum atomic E-state index is 12.5. The number of carbonyl (C=O) groups is 1. The second kappa shape index (κ2) is 12.1. The molecule has 7 nitrogen and oxygen atoms in total. The van der Waals surface area contributed by atoms with Crippen molar-refractivity contribution in [3.8, 4) is 5.75 Å². The standard InChI is InChI=1S/C33H42ClNO6/c1-21(18-36)41-26-11-13-39-31(16-26)27-8-5-24(27)17-35-19-33(12-3-4-22-14-25(34)7-9-28(22)33)20-40-30-10-6-23(15-29(30)35)32(37)38-2/h6-7,9-10,14-15,21,24,26-27,31,36H,3-5,8,11-13,16-20H2,1-2H3/t21-,24+,26+,27-,31-,33+/m1/s1. The molecule has 4 aliphatic rings. The lowest BCUT2D eigenvalue weighted by Crippen LogP contribution is -2.51. The molecule has 2 aliphatic heterocycles. The smallest absolute Gasteiger partial charge is 0.337 e. The number of ether oxygens (including phenoxy) is 4. The number of benzene rings is 2. The predicted octanol–water partition coefficient (Wildman–Crippen LogP) is 5.57. The third kappa shape index (κ3) is 5.83. The molecule has 1 N–H and O–H groups in total. The van der Waals surface area contributed by atoms with Gasteiger partial charge in [0.1, 0.15) is 5.75 Å². The zero-order valence-corrected chi connectivity index (χ0v) is 24.9. The Morgan fingerprint density at radius 1 is 1.22 bits per heavy atom. The van der Waals surface area contributed by atoms with Crippen LogP contribution in [-0.4, -0.2) is 69.4 Å². The van der Waals surface area contributed by atoms with E-state index in [1.165, 1.54) is 18.2 Å². The minimum atomic E-state index is -0.343. The number of fused-ring (bicyclic) bond motifs is 3. The molecule has 2 aromatic rings. The zero-order chi connectivity index (χ0) is 28.6. The van der Waals surface area contributed by atoms with Gasteiger partial charge < -0.3 is 29.0 Å². The largest absolute Gasteiger partial charge is 0.490 e. The number of aliphatic hydroxyl groups is 1. The second-order valence-corrected chi connectivity index (χ2v) is 12.9. The van der Waals surface area contributed by atoms with Gasteiger partial charge in [0.05, 0.1) is 49.9 Å². The van der Waals surface area contributed by atoms with Crippen LogP contribution < -0.4 is 9.64 Å². The number of methoxy groups -OCH3 is 1. The molecular formula is C33H42ClNO6. The molecule has 0 radical (unpaired) electrons. The zero-order valence-electron chi connectivity index (χ0n) is 24.1. The first-order chi connectivity index (χ1) is 19.9. The van der Waals surface area contributed by atoms with Crippen LogP contribution in [0.4, 0.5) is 5.69 Å². The lowest BCUT2D eigenvalue weighted by molar-refractivity contribution is -0.134. The summed E-state index contributed by atoms with van der Waals surface area (Å²) < 4.78 is 24.0. The number of halogens is 1. The first-order valence-electron chi connectivity index (χ1n) is 15.2. The highest BCUT2D eigenvalue weighted by atomic mass is 35.5. The number of nitrogens with zero attached hydrogens (tertiary/aromatic N) is 1. The summed E-state index contributed by atoms with van der Waals surface area (Å²) in [5, 5.41) is 10.2. The first kappa shape index (κ1) is 28.8. The van der Waals surface area contributed by atoms with Gasteiger partial charge in [0, 0.05) is 36.6 Å². The minimum absolute atomic E-state index is 0.0369. The van der Waals surface area contributed by atoms with Crippen LogP contribution in [0.1, 0.15) is 66.9 Å². The molecule has 8 heteroatoms. The Labute approximate surface area is 248 Å². The lowest BCUT2D eigenvalue weighted by atomic mass is 9.67. The Bertz CT molecular complexity index is 1250. The fourth-order valence-electron chi connectivity index (χ4n) is 7.54. The van der Waals surface area contributed by atoms with Crippen LogP contribution in [-0.2, 0) is 26.0 Å². The van der Waals surface area contributed by atoms with Crippen molar-refractivity contribution in [2.45, 2.75) is 75.6 Å². The summed E-state index contributed by atoms with van der Waals surface area (Å²) in [6.07, 6.45) is 7.32. The average Bonchev–Trinajstić information content (AvgIpc) is 3.11. The summed E-state index contributed by atoms with van der Waals surface area (Å²) in [7, 11) is 1.42. The predicted molar refractivity (Wildman–Crippen MR) is 158 cm³/mol. The van der Waals surface area contributed by atoms with E-state index in [9.17, 15) is 9.90 Å². The third-order valence-corrected chi connectivity index (χ3v) is 10.1. The highest BCUT2D eigenvalue weighted by molar-refractivity contribution is 6.30. The number of esters is 1. The van der Waals surface area contributed by atoms with E-state index in [1.807, 2.05) is 25.1 Å². The van der Waals surface area contributed by atoms with Crippen molar-refractivity contribution in [3.63, 3.8) is 0 Å². The molecule has 222 valence electrons. The normalized spacial score (nSPS) is 29.9. The maximum absolute atomic E-state index is 12.5. The number of aryl methyl sites for hydroxylation is 1. The van der Waals surface area contributed by atoms with Crippen LogP contribution in [0.2, 0.25) is 5.02 Å². The van der Waals surface area contributed by atoms with Gasteiger partial charge in [0.2, 0.25) is 0 Å². The number of aliphatic hydroxyl groups excluding tert-OH is 1. The summed E-state index contributed by atoms with van der Waals surface area (Å²) in [5.41, 5.74) is 3.97. The summed E-state index contributed by atoms with van der Waals surface area (Å²) >= 11 is 6.41. The molecule has 0 unspecified atom stereocenters. The van der Waals surface area contributed by atoms with Crippen molar-refractivity contribution in [1.29, 1.82) is 0 Å². The van der Waals surface area contributed by atoms with E-state index in [-0.39, 0.29) is 36.3 Å². The van der Waals surface area contributed by atoms with E-state index < -0.39 is 0 Å². The third-order valence-electron chi connectivity index (χ3n) is 9.82. The Morgan fingerprint density at radius 2 is 2.10 bits per heavy atom. The number of hydrogen-bond donors (Lipinski definition) is 1. The summed E-state index contributed by atoms with van der Waals surface area (Å²) in [5.74, 6) is 1.39. The Hall–Kier alpha value is -2.32. The van der Waals surface area contributed by atoms with E-state index >= 15 is 0 Å². The van der Waals surface area contributed by atoms with Crippen LogP contribution in [0.25, 0.3) is 0 Å². The Balaban J connectivity index is 1.28. The Kier molecular flexibility index (Phi) is 8.51. The Morgan fingerprint density at radius 3 is 2.88 bits per heavy atom. The highest BCUT2D eigenvalue weighted by Gasteiger charge is 2.45. The van der Waals surface area contributed by atoms with Gasteiger partial charge in [-0.25, -0.2) is 4.79 Å². The molecule has 1 saturated heterocycles. The fraction of sp³-hybridized carbons (Fsp3) is 0.606. The van der Waals surface area contributed by atoms with Crippen molar-refractivity contribution < 1.29 is 28.8 Å². The quantitative estimate of drug-likeness (QED) is 0.427. The van der Waals surface area contributed by atoms with Crippen molar-refractivity contribution in [1.82, 2.24) is 0 Å². The van der Waals surface area contributed by atoms with Crippen LogP contribution in [0.5, 0.6) is 5.75 Å². The minimum Gasteiger partial charge on any atom is -0.490 e. The van der Waals surface area contributed by atoms with Crippen molar-refractivity contribution in [3.05, 3.63) is 58.1 Å². The molecule has 0 bridgehead atoms. The van der Waals surface area contributed by atoms with E-state index in [2.05, 4.69) is 17.0 Å². The average molecular weight is 584 g/mol. The number of rotatable bonds is 7. The van der Waals surface area contributed by atoms with Gasteiger partial charge in [-0.15, -0.1) is 0 Å². The first-order valence-corrected chi connectivity index (χ1v) is 15.5.